The topological polar surface area (TPSA) is 35.6 Å². The van der Waals surface area contributed by atoms with Crippen LogP contribution < -0.4 is 10.2 Å². The highest BCUT2D eigenvalue weighted by Crippen LogP contribution is 2.29. The van der Waals surface area contributed by atoms with Crippen molar-refractivity contribution in [2.45, 2.75) is 38.5 Å². The Morgan fingerprint density at radius 2 is 1.78 bits per heavy atom. The van der Waals surface area contributed by atoms with Gasteiger partial charge in [0.25, 0.3) is 0 Å². The highest BCUT2D eigenvalue weighted by Gasteiger charge is 2.18. The summed E-state index contributed by atoms with van der Waals surface area (Å²) in [4.78, 5) is 15.1. The average molecular weight is 315 g/mol. The average Bonchev–Trinajstić information content (AvgIpc) is 2.63. The smallest absolute Gasteiger partial charge is 0.209 e. The summed E-state index contributed by atoms with van der Waals surface area (Å²) in [5.74, 6) is 0.916. The summed E-state index contributed by atoms with van der Waals surface area (Å²) in [6.45, 7) is 4.54. The van der Waals surface area contributed by atoms with Crippen LogP contribution in [0.3, 0.4) is 0 Å². The first-order valence-corrected chi connectivity index (χ1v) is 9.14. The van der Waals surface area contributed by atoms with E-state index in [4.69, 9.17) is 0 Å². The molecule has 1 N–H and O–H groups in total. The molecule has 3 rings (SSSR count). The normalized spacial score (nSPS) is 19.7. The van der Waals surface area contributed by atoms with Gasteiger partial charge in [0, 0.05) is 32.7 Å². The van der Waals surface area contributed by atoms with Crippen LogP contribution in [-0.4, -0.2) is 44.0 Å². The first-order valence-electron chi connectivity index (χ1n) is 9.14. The fourth-order valence-corrected chi connectivity index (χ4v) is 3.85. The van der Waals surface area contributed by atoms with Gasteiger partial charge in [0.2, 0.25) is 6.41 Å². The second-order valence-corrected chi connectivity index (χ2v) is 6.87. The monoisotopic (exact) mass is 315 g/mol. The molecule has 1 aromatic rings. The zero-order valence-corrected chi connectivity index (χ0v) is 14.0. The number of benzene rings is 1. The summed E-state index contributed by atoms with van der Waals surface area (Å²) in [5.41, 5.74) is 2.52. The van der Waals surface area contributed by atoms with Crippen LogP contribution in [0.4, 0.5) is 11.4 Å². The largest absolute Gasteiger partial charge is 0.383 e. The number of hydrogen-bond acceptors (Lipinski definition) is 3. The number of amides is 1. The van der Waals surface area contributed by atoms with E-state index in [1.807, 2.05) is 4.90 Å². The van der Waals surface area contributed by atoms with Gasteiger partial charge in [-0.1, -0.05) is 44.2 Å². The van der Waals surface area contributed by atoms with Crippen LogP contribution in [0.25, 0.3) is 0 Å². The Morgan fingerprint density at radius 3 is 2.52 bits per heavy atom. The maximum absolute atomic E-state index is 10.9. The van der Waals surface area contributed by atoms with E-state index in [9.17, 15) is 4.79 Å². The number of anilines is 2. The molecule has 0 radical (unpaired) electrons. The Hall–Kier alpha value is -1.71. The highest BCUT2D eigenvalue weighted by atomic mass is 16.1. The van der Waals surface area contributed by atoms with E-state index in [0.717, 1.165) is 45.1 Å². The lowest BCUT2D eigenvalue weighted by Crippen LogP contribution is -2.45. The van der Waals surface area contributed by atoms with E-state index in [-0.39, 0.29) is 0 Å². The van der Waals surface area contributed by atoms with E-state index in [1.54, 1.807) is 0 Å². The van der Waals surface area contributed by atoms with Crippen LogP contribution in [0.5, 0.6) is 0 Å². The maximum atomic E-state index is 10.9. The summed E-state index contributed by atoms with van der Waals surface area (Å²) in [5, 5.41) is 3.66. The van der Waals surface area contributed by atoms with Gasteiger partial charge >= 0.3 is 0 Å². The molecular formula is C19H29N3O. The van der Waals surface area contributed by atoms with Crippen LogP contribution in [0.15, 0.2) is 24.3 Å². The molecule has 126 valence electrons. The van der Waals surface area contributed by atoms with Crippen molar-refractivity contribution in [3.8, 4) is 0 Å². The molecule has 1 heterocycles. The van der Waals surface area contributed by atoms with Crippen molar-refractivity contribution in [3.05, 3.63) is 24.3 Å². The first-order chi connectivity index (χ1) is 11.4. The quantitative estimate of drug-likeness (QED) is 0.818. The second-order valence-electron chi connectivity index (χ2n) is 6.87. The Bertz CT molecular complexity index is 491. The number of nitrogens with zero attached hydrogens (tertiary/aromatic N) is 2. The molecule has 0 unspecified atom stereocenters. The van der Waals surface area contributed by atoms with Crippen molar-refractivity contribution >= 4 is 17.8 Å². The molecular weight excluding hydrogens is 286 g/mol. The molecule has 1 amide bonds. The molecule has 0 spiro atoms. The fraction of sp³-hybridized carbons (Fsp3) is 0.632. The maximum Gasteiger partial charge on any atom is 0.209 e. The lowest BCUT2D eigenvalue weighted by molar-refractivity contribution is -0.118. The van der Waals surface area contributed by atoms with E-state index < -0.39 is 0 Å². The van der Waals surface area contributed by atoms with E-state index >= 15 is 0 Å². The van der Waals surface area contributed by atoms with Crippen molar-refractivity contribution < 1.29 is 4.79 Å². The summed E-state index contributed by atoms with van der Waals surface area (Å²) in [6, 6.07) is 8.59. The number of nitrogens with one attached hydrogen (secondary N) is 1. The van der Waals surface area contributed by atoms with Crippen LogP contribution in [0.1, 0.15) is 38.5 Å². The van der Waals surface area contributed by atoms with Crippen LogP contribution >= 0.6 is 0 Å². The third-order valence-electron chi connectivity index (χ3n) is 5.30. The number of piperazine rings is 1. The van der Waals surface area contributed by atoms with Crippen molar-refractivity contribution in [2.75, 3.05) is 42.9 Å². The molecule has 1 aromatic carbocycles. The van der Waals surface area contributed by atoms with Gasteiger partial charge in [-0.25, -0.2) is 0 Å². The van der Waals surface area contributed by atoms with Gasteiger partial charge in [-0.15, -0.1) is 0 Å². The Morgan fingerprint density at radius 1 is 1.04 bits per heavy atom. The first kappa shape index (κ1) is 16.2. The number of carbonyl (C=O) groups is 1. The standard InChI is InChI=1S/C19H29N3O/c23-16-21-12-14-22(15-13-21)19-9-5-4-8-18(19)20-11-10-17-6-2-1-3-7-17/h4-5,8-9,16-17,20H,1-3,6-7,10-15H2. The summed E-state index contributed by atoms with van der Waals surface area (Å²) < 4.78 is 0. The molecule has 0 bridgehead atoms. The van der Waals surface area contributed by atoms with Crippen molar-refractivity contribution in [1.82, 2.24) is 4.90 Å². The Kier molecular flexibility index (Phi) is 5.78. The summed E-state index contributed by atoms with van der Waals surface area (Å²) >= 11 is 0. The highest BCUT2D eigenvalue weighted by molar-refractivity contribution is 5.70. The lowest BCUT2D eigenvalue weighted by atomic mass is 9.87. The van der Waals surface area contributed by atoms with E-state index in [2.05, 4.69) is 34.5 Å². The molecule has 2 fully saturated rings. The molecule has 2 aliphatic rings. The fourth-order valence-electron chi connectivity index (χ4n) is 3.85. The molecule has 0 atom stereocenters. The zero-order chi connectivity index (χ0) is 15.9. The van der Waals surface area contributed by atoms with Crippen molar-refractivity contribution in [2.24, 2.45) is 5.92 Å². The lowest BCUT2D eigenvalue weighted by Gasteiger charge is -2.35. The van der Waals surface area contributed by atoms with Crippen LogP contribution in [-0.2, 0) is 4.79 Å². The Balaban J connectivity index is 1.54. The molecule has 1 aliphatic heterocycles. The SMILES string of the molecule is O=CN1CCN(c2ccccc2NCCC2CCCCC2)CC1. The third kappa shape index (κ3) is 4.40. The van der Waals surface area contributed by atoms with Crippen LogP contribution in [0.2, 0.25) is 0 Å². The predicted octanol–water partition coefficient (Wildman–Crippen LogP) is 3.35. The minimum Gasteiger partial charge on any atom is -0.383 e. The number of rotatable bonds is 6. The van der Waals surface area contributed by atoms with Crippen molar-refractivity contribution in [3.63, 3.8) is 0 Å². The van der Waals surface area contributed by atoms with Crippen LogP contribution in [0, 0.1) is 5.92 Å². The summed E-state index contributed by atoms with van der Waals surface area (Å²) in [6.07, 6.45) is 9.34. The van der Waals surface area contributed by atoms with Gasteiger partial charge in [-0.05, 0) is 24.5 Å². The Labute approximate surface area is 139 Å². The van der Waals surface area contributed by atoms with Gasteiger partial charge in [0.1, 0.15) is 0 Å². The molecule has 4 heteroatoms. The molecule has 23 heavy (non-hydrogen) atoms. The molecule has 1 saturated heterocycles. The van der Waals surface area contributed by atoms with Gasteiger partial charge < -0.3 is 15.1 Å². The molecule has 4 nitrogen and oxygen atoms in total. The molecule has 1 aliphatic carbocycles. The predicted molar refractivity (Wildman–Crippen MR) is 96.0 cm³/mol. The van der Waals surface area contributed by atoms with Gasteiger partial charge in [0.05, 0.1) is 11.4 Å². The van der Waals surface area contributed by atoms with Gasteiger partial charge in [0.15, 0.2) is 0 Å². The third-order valence-corrected chi connectivity index (χ3v) is 5.30. The number of hydrogen-bond donors (Lipinski definition) is 1. The minimum absolute atomic E-state index is 0.819. The van der Waals surface area contributed by atoms with Gasteiger partial charge in [-0.3, -0.25) is 4.79 Å². The number of carbonyl (C=O) groups excluding carboxylic acids is 1. The molecule has 1 saturated carbocycles. The second kappa shape index (κ2) is 8.23. The van der Waals surface area contributed by atoms with Gasteiger partial charge in [-0.2, -0.15) is 0 Å². The zero-order valence-electron chi connectivity index (χ0n) is 14.0. The van der Waals surface area contributed by atoms with E-state index in [1.165, 1.54) is 49.9 Å². The molecule has 0 aromatic heterocycles. The summed E-state index contributed by atoms with van der Waals surface area (Å²) in [7, 11) is 0. The van der Waals surface area contributed by atoms with E-state index in [0.29, 0.717) is 0 Å². The number of para-hydroxylation sites is 2. The van der Waals surface area contributed by atoms with Crippen molar-refractivity contribution in [1.29, 1.82) is 0 Å². The minimum atomic E-state index is 0.819.